The van der Waals surface area contributed by atoms with E-state index in [-0.39, 0.29) is 48.5 Å². The molecule has 0 bridgehead atoms. The number of rotatable bonds is 6. The molecule has 8 heteroatoms. The van der Waals surface area contributed by atoms with Crippen LogP contribution in [0.1, 0.15) is 36.4 Å². The molecule has 2 aliphatic heterocycles. The van der Waals surface area contributed by atoms with E-state index in [2.05, 4.69) is 56.9 Å². The van der Waals surface area contributed by atoms with Crippen LogP contribution in [0.4, 0.5) is 0 Å². The Bertz CT molecular complexity index is 953. The highest BCUT2D eigenvalue weighted by atomic mass is 127. The summed E-state index contributed by atoms with van der Waals surface area (Å²) >= 11 is 0. The number of nitrogens with zero attached hydrogens (tertiary/aromatic N) is 3. The van der Waals surface area contributed by atoms with E-state index in [0.717, 1.165) is 50.2 Å². The highest BCUT2D eigenvalue weighted by Crippen LogP contribution is 2.31. The van der Waals surface area contributed by atoms with Crippen molar-refractivity contribution in [3.05, 3.63) is 65.7 Å². The summed E-state index contributed by atoms with van der Waals surface area (Å²) in [5, 5.41) is 7.22. The van der Waals surface area contributed by atoms with Crippen molar-refractivity contribution in [2.24, 2.45) is 4.99 Å². The van der Waals surface area contributed by atoms with Crippen LogP contribution in [0.2, 0.25) is 0 Å². The second kappa shape index (κ2) is 12.9. The Morgan fingerprint density at radius 1 is 1.09 bits per heavy atom. The first-order valence-electron chi connectivity index (χ1n) is 11.8. The third-order valence-corrected chi connectivity index (χ3v) is 6.24. The number of benzene rings is 2. The van der Waals surface area contributed by atoms with Crippen molar-refractivity contribution in [2.45, 2.75) is 37.9 Å². The summed E-state index contributed by atoms with van der Waals surface area (Å²) in [6.07, 6.45) is 3.07. The summed E-state index contributed by atoms with van der Waals surface area (Å²) < 4.78 is 5.82. The fourth-order valence-electron chi connectivity index (χ4n) is 4.43. The molecule has 2 aromatic rings. The van der Waals surface area contributed by atoms with E-state index in [0.29, 0.717) is 12.6 Å². The highest BCUT2D eigenvalue weighted by Gasteiger charge is 2.25. The predicted molar refractivity (Wildman–Crippen MR) is 147 cm³/mol. The van der Waals surface area contributed by atoms with Gasteiger partial charge in [-0.05, 0) is 31.0 Å². The van der Waals surface area contributed by atoms with Crippen LogP contribution in [-0.2, 0) is 11.3 Å². The Hall–Kier alpha value is -2.33. The Morgan fingerprint density at radius 3 is 2.65 bits per heavy atom. The maximum Gasteiger partial charge on any atom is 0.243 e. The number of piperidine rings is 1. The van der Waals surface area contributed by atoms with Gasteiger partial charge in [-0.1, -0.05) is 48.5 Å². The van der Waals surface area contributed by atoms with Gasteiger partial charge in [-0.2, -0.15) is 0 Å². The molecule has 7 nitrogen and oxygen atoms in total. The zero-order valence-corrected chi connectivity index (χ0v) is 22.4. The number of ether oxygens (including phenoxy) is 1. The molecule has 0 aliphatic carbocycles. The number of amides is 1. The number of aliphatic imine (C=N–C) groups is 1. The van der Waals surface area contributed by atoms with E-state index in [9.17, 15) is 4.79 Å². The zero-order valence-electron chi connectivity index (χ0n) is 20.1. The van der Waals surface area contributed by atoms with Crippen molar-refractivity contribution < 1.29 is 9.53 Å². The van der Waals surface area contributed by atoms with Crippen LogP contribution in [0.3, 0.4) is 0 Å². The van der Waals surface area contributed by atoms with Gasteiger partial charge < -0.3 is 20.3 Å². The molecule has 34 heavy (non-hydrogen) atoms. The molecule has 184 valence electrons. The van der Waals surface area contributed by atoms with E-state index in [4.69, 9.17) is 4.74 Å². The fourth-order valence-corrected chi connectivity index (χ4v) is 4.43. The molecule has 0 aromatic heterocycles. The first kappa shape index (κ1) is 26.3. The predicted octanol–water partition coefficient (Wildman–Crippen LogP) is 3.42. The second-order valence-corrected chi connectivity index (χ2v) is 9.03. The largest absolute Gasteiger partial charge is 0.493 e. The zero-order chi connectivity index (χ0) is 23.0. The average Bonchev–Trinajstić information content (AvgIpc) is 2.83. The standard InChI is InChI=1S/C26H35N5O2.HI/c1-30(2)25(32)17-27-26(29-23-14-16-33-24-13-7-6-12-22(23)24)28-21-11-8-15-31(19-21)18-20-9-4-3-5-10-20;/h3-7,9-10,12-13,21,23H,8,11,14-19H2,1-2H3,(H2,27,28,29);1H. The van der Waals surface area contributed by atoms with E-state index in [1.54, 1.807) is 19.0 Å². The van der Waals surface area contributed by atoms with Crippen LogP contribution < -0.4 is 15.4 Å². The number of likely N-dealkylation sites (tertiary alicyclic amines) is 1. The molecule has 2 heterocycles. The van der Waals surface area contributed by atoms with Crippen molar-refractivity contribution in [1.29, 1.82) is 0 Å². The van der Waals surface area contributed by atoms with E-state index in [1.165, 1.54) is 5.56 Å². The summed E-state index contributed by atoms with van der Waals surface area (Å²) in [5.41, 5.74) is 2.46. The van der Waals surface area contributed by atoms with Crippen molar-refractivity contribution in [1.82, 2.24) is 20.4 Å². The minimum Gasteiger partial charge on any atom is -0.493 e. The lowest BCUT2D eigenvalue weighted by Crippen LogP contribution is -2.52. The Labute approximate surface area is 220 Å². The molecular weight excluding hydrogens is 541 g/mol. The number of likely N-dealkylation sites (N-methyl/N-ethyl adjacent to an activating group) is 1. The number of halogens is 1. The van der Waals surface area contributed by atoms with Crippen LogP contribution in [0, 0.1) is 0 Å². The molecular formula is C26H36IN5O2. The average molecular weight is 578 g/mol. The summed E-state index contributed by atoms with van der Waals surface area (Å²) in [7, 11) is 3.52. The molecule has 4 rings (SSSR count). The minimum absolute atomic E-state index is 0. The van der Waals surface area contributed by atoms with E-state index in [1.807, 2.05) is 18.2 Å². The third kappa shape index (κ3) is 7.33. The molecule has 0 spiro atoms. The van der Waals surface area contributed by atoms with E-state index >= 15 is 0 Å². The monoisotopic (exact) mass is 577 g/mol. The lowest BCUT2D eigenvalue weighted by Gasteiger charge is -2.35. The molecule has 1 saturated heterocycles. The van der Waals surface area contributed by atoms with Gasteiger partial charge in [-0.25, -0.2) is 4.99 Å². The number of guanidine groups is 1. The highest BCUT2D eigenvalue weighted by molar-refractivity contribution is 14.0. The van der Waals surface area contributed by atoms with Gasteiger partial charge in [0, 0.05) is 45.2 Å². The van der Waals surface area contributed by atoms with Gasteiger partial charge in [-0.3, -0.25) is 9.69 Å². The molecule has 0 radical (unpaired) electrons. The summed E-state index contributed by atoms with van der Waals surface area (Å²) in [6.45, 7) is 3.77. The normalized spacial score (nSPS) is 20.4. The van der Waals surface area contributed by atoms with Crippen molar-refractivity contribution >= 4 is 35.8 Å². The van der Waals surface area contributed by atoms with Crippen LogP contribution in [0.5, 0.6) is 5.75 Å². The van der Waals surface area contributed by atoms with Gasteiger partial charge in [0.05, 0.1) is 12.6 Å². The fraction of sp³-hybridized carbons (Fsp3) is 0.462. The van der Waals surface area contributed by atoms with Crippen molar-refractivity contribution in [3.8, 4) is 5.75 Å². The first-order valence-corrected chi connectivity index (χ1v) is 11.8. The Kier molecular flexibility index (Phi) is 10.0. The minimum atomic E-state index is -0.0159. The Balaban J connectivity index is 0.00000324. The van der Waals surface area contributed by atoms with E-state index < -0.39 is 0 Å². The van der Waals surface area contributed by atoms with Gasteiger partial charge >= 0.3 is 0 Å². The quantitative estimate of drug-likeness (QED) is 0.313. The SMILES string of the molecule is CN(C)C(=O)CN=C(NC1CCCN(Cc2ccccc2)C1)NC1CCOc2ccccc21.I. The van der Waals surface area contributed by atoms with Gasteiger partial charge in [-0.15, -0.1) is 24.0 Å². The molecule has 2 unspecified atom stereocenters. The lowest BCUT2D eigenvalue weighted by molar-refractivity contribution is -0.127. The number of hydrogen-bond acceptors (Lipinski definition) is 4. The van der Waals surface area contributed by atoms with Crippen molar-refractivity contribution in [3.63, 3.8) is 0 Å². The summed E-state index contributed by atoms with van der Waals surface area (Å²) in [5.74, 6) is 1.59. The van der Waals surface area contributed by atoms with Gasteiger partial charge in [0.15, 0.2) is 5.96 Å². The summed E-state index contributed by atoms with van der Waals surface area (Å²) in [4.78, 5) is 20.9. The van der Waals surface area contributed by atoms with Crippen molar-refractivity contribution in [2.75, 3.05) is 40.3 Å². The molecule has 2 aliphatic rings. The number of carbonyl (C=O) groups is 1. The molecule has 1 fully saturated rings. The molecule has 2 aromatic carbocycles. The third-order valence-electron chi connectivity index (χ3n) is 6.24. The summed E-state index contributed by atoms with van der Waals surface area (Å²) in [6, 6.07) is 19.1. The van der Waals surface area contributed by atoms with Gasteiger partial charge in [0.25, 0.3) is 0 Å². The molecule has 2 atom stereocenters. The molecule has 1 amide bonds. The Morgan fingerprint density at radius 2 is 1.85 bits per heavy atom. The lowest BCUT2D eigenvalue weighted by atomic mass is 10.0. The van der Waals surface area contributed by atoms with Gasteiger partial charge in [0.2, 0.25) is 5.91 Å². The smallest absolute Gasteiger partial charge is 0.243 e. The van der Waals surface area contributed by atoms with Crippen LogP contribution in [0.25, 0.3) is 0 Å². The topological polar surface area (TPSA) is 69.2 Å². The maximum atomic E-state index is 12.2. The van der Waals surface area contributed by atoms with Crippen LogP contribution in [-0.4, -0.2) is 68.0 Å². The number of nitrogens with one attached hydrogen (secondary N) is 2. The molecule has 2 N–H and O–H groups in total. The second-order valence-electron chi connectivity index (χ2n) is 9.03. The number of hydrogen-bond donors (Lipinski definition) is 2. The maximum absolute atomic E-state index is 12.2. The van der Waals surface area contributed by atoms with Crippen LogP contribution >= 0.6 is 24.0 Å². The van der Waals surface area contributed by atoms with Crippen LogP contribution in [0.15, 0.2) is 59.6 Å². The molecule has 0 saturated carbocycles. The number of carbonyl (C=O) groups excluding carboxylic acids is 1. The number of fused-ring (bicyclic) bond motifs is 1. The van der Waals surface area contributed by atoms with Gasteiger partial charge in [0.1, 0.15) is 12.3 Å². The number of para-hydroxylation sites is 1. The first-order chi connectivity index (χ1) is 16.1.